The van der Waals surface area contributed by atoms with Gasteiger partial charge in [-0.15, -0.1) is 0 Å². The number of benzene rings is 1. The molecular formula is C13H14N4O3. The lowest BCUT2D eigenvalue weighted by Gasteiger charge is -2.04. The molecule has 0 aliphatic carbocycles. The van der Waals surface area contributed by atoms with Crippen molar-refractivity contribution < 1.29 is 14.3 Å². The van der Waals surface area contributed by atoms with Crippen LogP contribution in [0.3, 0.4) is 0 Å². The van der Waals surface area contributed by atoms with E-state index in [2.05, 4.69) is 20.1 Å². The first-order valence-corrected chi connectivity index (χ1v) is 5.85. The number of azide groups is 1. The number of amides is 1. The predicted molar refractivity (Wildman–Crippen MR) is 74.5 cm³/mol. The van der Waals surface area contributed by atoms with Crippen LogP contribution >= 0.6 is 0 Å². The molecule has 0 unspecified atom stereocenters. The molecule has 0 aromatic heterocycles. The number of hydrogen-bond acceptors (Lipinski definition) is 4. The third-order valence-corrected chi connectivity index (χ3v) is 2.37. The summed E-state index contributed by atoms with van der Waals surface area (Å²) in [7, 11) is 1.20. The number of anilines is 1. The van der Waals surface area contributed by atoms with Crippen LogP contribution in [0.5, 0.6) is 0 Å². The topological polar surface area (TPSA) is 104 Å². The Morgan fingerprint density at radius 3 is 2.55 bits per heavy atom. The van der Waals surface area contributed by atoms with Crippen molar-refractivity contribution in [2.75, 3.05) is 12.4 Å². The van der Waals surface area contributed by atoms with Gasteiger partial charge in [0.1, 0.15) is 5.70 Å². The molecule has 0 atom stereocenters. The molecule has 1 amide bonds. The van der Waals surface area contributed by atoms with Crippen LogP contribution in [-0.4, -0.2) is 19.0 Å². The fourth-order valence-electron chi connectivity index (χ4n) is 1.35. The molecule has 20 heavy (non-hydrogen) atoms. The predicted octanol–water partition coefficient (Wildman–Crippen LogP) is 2.86. The maximum absolute atomic E-state index is 11.3. The van der Waals surface area contributed by atoms with Crippen LogP contribution < -0.4 is 5.32 Å². The Hall–Kier alpha value is -2.79. The highest BCUT2D eigenvalue weighted by atomic mass is 16.5. The van der Waals surface area contributed by atoms with E-state index in [-0.39, 0.29) is 11.6 Å². The van der Waals surface area contributed by atoms with Crippen molar-refractivity contribution in [3.05, 3.63) is 46.0 Å². The highest BCUT2D eigenvalue weighted by Crippen LogP contribution is 2.14. The SMILES string of the molecule is CCC(=O)Nc1ccc(/C=C(\N=[N+]=[N-])C(=O)OC)cc1. The molecule has 1 rings (SSSR count). The standard InChI is InChI=1S/C13H14N4O3/c1-3-12(18)15-10-6-4-9(5-7-10)8-11(16-17-14)13(19)20-2/h4-8H,3H2,1-2H3,(H,15,18)/b11-8-. The highest BCUT2D eigenvalue weighted by molar-refractivity contribution is 5.93. The number of methoxy groups -OCH3 is 1. The van der Waals surface area contributed by atoms with E-state index in [1.807, 2.05) is 0 Å². The summed E-state index contributed by atoms with van der Waals surface area (Å²) in [5, 5.41) is 5.97. The van der Waals surface area contributed by atoms with E-state index >= 15 is 0 Å². The Morgan fingerprint density at radius 2 is 2.05 bits per heavy atom. The Morgan fingerprint density at radius 1 is 1.40 bits per heavy atom. The first-order valence-electron chi connectivity index (χ1n) is 5.85. The number of esters is 1. The number of nitrogens with one attached hydrogen (secondary N) is 1. The lowest BCUT2D eigenvalue weighted by Crippen LogP contribution is -2.09. The average Bonchev–Trinajstić information content (AvgIpc) is 2.47. The van der Waals surface area contributed by atoms with Gasteiger partial charge in [0.05, 0.1) is 7.11 Å². The fraction of sp³-hybridized carbons (Fsp3) is 0.231. The summed E-state index contributed by atoms with van der Waals surface area (Å²) in [5.74, 6) is -0.802. The molecule has 7 heteroatoms. The zero-order valence-electron chi connectivity index (χ0n) is 11.2. The molecule has 104 valence electrons. The van der Waals surface area contributed by atoms with Crippen molar-refractivity contribution in [3.8, 4) is 0 Å². The number of nitrogens with zero attached hydrogens (tertiary/aromatic N) is 3. The normalized spacial score (nSPS) is 10.4. The maximum atomic E-state index is 11.3. The molecule has 1 N–H and O–H groups in total. The lowest BCUT2D eigenvalue weighted by atomic mass is 10.1. The van der Waals surface area contributed by atoms with Crippen LogP contribution in [-0.2, 0) is 14.3 Å². The third kappa shape index (κ3) is 4.47. The fourth-order valence-corrected chi connectivity index (χ4v) is 1.35. The molecule has 0 fully saturated rings. The van der Waals surface area contributed by atoms with Crippen molar-refractivity contribution in [3.63, 3.8) is 0 Å². The maximum Gasteiger partial charge on any atom is 0.340 e. The van der Waals surface area contributed by atoms with Crippen molar-refractivity contribution in [1.29, 1.82) is 0 Å². The number of hydrogen-bond donors (Lipinski definition) is 1. The largest absolute Gasteiger partial charge is 0.466 e. The van der Waals surface area contributed by atoms with E-state index in [4.69, 9.17) is 5.53 Å². The van der Waals surface area contributed by atoms with Gasteiger partial charge >= 0.3 is 5.97 Å². The summed E-state index contributed by atoms with van der Waals surface area (Å²) in [6.07, 6.45) is 1.79. The number of ether oxygens (including phenoxy) is 1. The van der Waals surface area contributed by atoms with Crippen molar-refractivity contribution in [2.45, 2.75) is 13.3 Å². The Balaban J connectivity index is 2.94. The van der Waals surface area contributed by atoms with Gasteiger partial charge in [-0.1, -0.05) is 24.2 Å². The first kappa shape index (κ1) is 15.3. The summed E-state index contributed by atoms with van der Waals surface area (Å²) >= 11 is 0. The summed E-state index contributed by atoms with van der Waals surface area (Å²) in [6.45, 7) is 1.76. The number of carbonyl (C=O) groups excluding carboxylic acids is 2. The monoisotopic (exact) mass is 274 g/mol. The van der Waals surface area contributed by atoms with Crippen LogP contribution in [0.2, 0.25) is 0 Å². The zero-order valence-corrected chi connectivity index (χ0v) is 11.2. The Kier molecular flexibility index (Phi) is 5.80. The van der Waals surface area contributed by atoms with Crippen molar-refractivity contribution in [2.24, 2.45) is 5.11 Å². The van der Waals surface area contributed by atoms with Crippen molar-refractivity contribution >= 4 is 23.6 Å². The van der Waals surface area contributed by atoms with Gasteiger partial charge in [-0.2, -0.15) is 0 Å². The second-order valence-corrected chi connectivity index (χ2v) is 3.73. The molecule has 0 bridgehead atoms. The second-order valence-electron chi connectivity index (χ2n) is 3.73. The van der Waals surface area contributed by atoms with E-state index in [9.17, 15) is 9.59 Å². The number of rotatable bonds is 5. The van der Waals surface area contributed by atoms with Gasteiger partial charge in [0, 0.05) is 17.0 Å². The van der Waals surface area contributed by atoms with Crippen LogP contribution in [0.15, 0.2) is 35.1 Å². The molecule has 0 saturated heterocycles. The van der Waals surface area contributed by atoms with Gasteiger partial charge in [-0.25, -0.2) is 4.79 Å². The van der Waals surface area contributed by atoms with E-state index < -0.39 is 5.97 Å². The molecular weight excluding hydrogens is 260 g/mol. The van der Waals surface area contributed by atoms with Gasteiger partial charge in [-0.05, 0) is 29.3 Å². The molecule has 0 saturated carbocycles. The van der Waals surface area contributed by atoms with Gasteiger partial charge in [-0.3, -0.25) is 4.79 Å². The Labute approximate surface area is 115 Å². The summed E-state index contributed by atoms with van der Waals surface area (Å²) in [6, 6.07) is 6.73. The van der Waals surface area contributed by atoms with Crippen LogP contribution in [0.4, 0.5) is 5.69 Å². The van der Waals surface area contributed by atoms with Gasteiger partial charge in [0.15, 0.2) is 0 Å². The third-order valence-electron chi connectivity index (χ3n) is 2.37. The summed E-state index contributed by atoms with van der Waals surface area (Å²) < 4.78 is 4.50. The van der Waals surface area contributed by atoms with Gasteiger partial charge < -0.3 is 10.1 Å². The zero-order chi connectivity index (χ0) is 15.0. The van der Waals surface area contributed by atoms with Crippen LogP contribution in [0.25, 0.3) is 16.5 Å². The first-order chi connectivity index (χ1) is 9.60. The molecule has 1 aromatic rings. The molecule has 0 heterocycles. The molecule has 1 aromatic carbocycles. The van der Waals surface area contributed by atoms with Gasteiger partial charge in [0.25, 0.3) is 0 Å². The van der Waals surface area contributed by atoms with Crippen LogP contribution in [0.1, 0.15) is 18.9 Å². The highest BCUT2D eigenvalue weighted by Gasteiger charge is 2.07. The van der Waals surface area contributed by atoms with Crippen LogP contribution in [0, 0.1) is 0 Å². The quantitative estimate of drug-likeness (QED) is 0.293. The average molecular weight is 274 g/mol. The van der Waals surface area contributed by atoms with E-state index in [1.165, 1.54) is 13.2 Å². The number of carbonyl (C=O) groups is 2. The smallest absolute Gasteiger partial charge is 0.340 e. The summed E-state index contributed by atoms with van der Waals surface area (Å²) in [4.78, 5) is 25.1. The van der Waals surface area contributed by atoms with E-state index in [0.717, 1.165) is 0 Å². The minimum atomic E-state index is -0.717. The lowest BCUT2D eigenvalue weighted by molar-refractivity contribution is -0.136. The summed E-state index contributed by atoms with van der Waals surface area (Å²) in [5.41, 5.74) is 9.55. The molecule has 0 radical (unpaired) electrons. The molecule has 0 aliphatic rings. The molecule has 0 spiro atoms. The Bertz CT molecular complexity index is 572. The van der Waals surface area contributed by atoms with E-state index in [1.54, 1.807) is 31.2 Å². The van der Waals surface area contributed by atoms with Crippen molar-refractivity contribution in [1.82, 2.24) is 0 Å². The minimum absolute atomic E-state index is 0.0855. The minimum Gasteiger partial charge on any atom is -0.466 e. The van der Waals surface area contributed by atoms with E-state index in [0.29, 0.717) is 17.7 Å². The molecule has 7 nitrogen and oxygen atoms in total. The second kappa shape index (κ2) is 7.60. The molecule has 0 aliphatic heterocycles. The van der Waals surface area contributed by atoms with Gasteiger partial charge in [0.2, 0.25) is 5.91 Å².